The second kappa shape index (κ2) is 10.1. The fourth-order valence-electron chi connectivity index (χ4n) is 4.95. The molecule has 1 unspecified atom stereocenters. The van der Waals surface area contributed by atoms with Crippen molar-refractivity contribution in [3.63, 3.8) is 0 Å². The molecule has 11 nitrogen and oxygen atoms in total. The van der Waals surface area contributed by atoms with Crippen molar-refractivity contribution in [1.29, 1.82) is 0 Å². The van der Waals surface area contributed by atoms with Crippen LogP contribution in [-0.2, 0) is 22.0 Å². The highest BCUT2D eigenvalue weighted by atomic mass is 32.2. The Morgan fingerprint density at radius 3 is 2.50 bits per heavy atom. The Hall–Kier alpha value is -3.32. The van der Waals surface area contributed by atoms with Crippen LogP contribution in [0.4, 0.5) is 23.3 Å². The maximum absolute atomic E-state index is 12.3. The van der Waals surface area contributed by atoms with Gasteiger partial charge in [0.05, 0.1) is 18.5 Å². The normalized spacial score (nSPS) is 19.3. The van der Waals surface area contributed by atoms with Gasteiger partial charge in [0.2, 0.25) is 16.0 Å². The van der Waals surface area contributed by atoms with E-state index in [4.69, 9.17) is 9.97 Å². The number of aliphatic hydroxyl groups is 1. The maximum atomic E-state index is 12.3. The Bertz CT molecular complexity index is 1400. The van der Waals surface area contributed by atoms with Crippen LogP contribution < -0.4 is 19.5 Å². The molecule has 0 amide bonds. The van der Waals surface area contributed by atoms with Crippen molar-refractivity contribution in [2.75, 3.05) is 53.7 Å². The van der Waals surface area contributed by atoms with Gasteiger partial charge in [0.25, 0.3) is 0 Å². The van der Waals surface area contributed by atoms with Crippen molar-refractivity contribution in [2.45, 2.75) is 32.0 Å². The van der Waals surface area contributed by atoms with Crippen LogP contribution in [0.5, 0.6) is 0 Å². The summed E-state index contributed by atoms with van der Waals surface area (Å²) in [7, 11) is -2.05. The number of nitrogens with zero attached hydrogens (tertiary/aromatic N) is 7. The summed E-state index contributed by atoms with van der Waals surface area (Å²) in [6, 6.07) is 13.6. The van der Waals surface area contributed by atoms with E-state index in [9.17, 15) is 13.5 Å². The standard InChI is InChI=1S/C26H34N8O3S/c1-26(2)21-17-29-25(34(20-10-6-5-7-11-20)32-15-13-27-14-16-32)30-23(21)33(24(26)35)18-19-9-8-12-28-22(19)31(3)38(4,36)37/h5-12,17,24,27,35H,13-16,18H2,1-4H3. The number of piperazine rings is 1. The van der Waals surface area contributed by atoms with Gasteiger partial charge in [0.1, 0.15) is 17.9 Å². The zero-order valence-electron chi connectivity index (χ0n) is 22.1. The van der Waals surface area contributed by atoms with Gasteiger partial charge in [-0.25, -0.2) is 28.4 Å². The Balaban J connectivity index is 1.58. The lowest BCUT2D eigenvalue weighted by Crippen LogP contribution is -2.51. The van der Waals surface area contributed by atoms with Crippen LogP contribution in [-0.4, -0.2) is 79.2 Å². The first kappa shape index (κ1) is 26.3. The van der Waals surface area contributed by atoms with Gasteiger partial charge in [0, 0.05) is 62.2 Å². The average Bonchev–Trinajstić information content (AvgIpc) is 3.09. The van der Waals surface area contributed by atoms with Crippen molar-refractivity contribution in [1.82, 2.24) is 25.3 Å². The van der Waals surface area contributed by atoms with Gasteiger partial charge in [0.15, 0.2) is 0 Å². The lowest BCUT2D eigenvalue weighted by molar-refractivity contribution is 0.107. The Kier molecular flexibility index (Phi) is 6.99. The Labute approximate surface area is 223 Å². The molecule has 4 heterocycles. The summed E-state index contributed by atoms with van der Waals surface area (Å²) in [5, 5.41) is 19.1. The number of fused-ring (bicyclic) bond motifs is 1. The van der Waals surface area contributed by atoms with Crippen molar-refractivity contribution in [3.05, 3.63) is 66.0 Å². The SMILES string of the molecule is CN(c1ncccc1CN1c2nc(N(c3ccccc3)N3CCNCC3)ncc2C(C)(C)C1O)S(C)(=O)=O. The van der Waals surface area contributed by atoms with Gasteiger partial charge in [-0.2, -0.15) is 4.98 Å². The van der Waals surface area contributed by atoms with Gasteiger partial charge >= 0.3 is 0 Å². The van der Waals surface area contributed by atoms with Crippen LogP contribution >= 0.6 is 0 Å². The number of pyridine rings is 1. The van der Waals surface area contributed by atoms with E-state index < -0.39 is 21.7 Å². The van der Waals surface area contributed by atoms with Gasteiger partial charge in [-0.05, 0) is 18.2 Å². The van der Waals surface area contributed by atoms with Crippen LogP contribution in [0.25, 0.3) is 0 Å². The lowest BCUT2D eigenvalue weighted by atomic mass is 9.87. The van der Waals surface area contributed by atoms with Gasteiger partial charge in [-0.15, -0.1) is 0 Å². The topological polar surface area (TPSA) is 118 Å². The Morgan fingerprint density at radius 2 is 1.82 bits per heavy atom. The first-order chi connectivity index (χ1) is 18.1. The number of sulfonamides is 1. The number of hydrogen-bond donors (Lipinski definition) is 2. The first-order valence-corrected chi connectivity index (χ1v) is 14.4. The molecule has 38 heavy (non-hydrogen) atoms. The summed E-state index contributed by atoms with van der Waals surface area (Å²) < 4.78 is 25.7. The zero-order chi connectivity index (χ0) is 27.1. The minimum absolute atomic E-state index is 0.218. The second-order valence-corrected chi connectivity index (χ2v) is 12.2. The predicted molar refractivity (Wildman–Crippen MR) is 148 cm³/mol. The molecular weight excluding hydrogens is 504 g/mol. The molecule has 0 spiro atoms. The highest BCUT2D eigenvalue weighted by Crippen LogP contribution is 2.45. The quantitative estimate of drug-likeness (QED) is 0.461. The summed E-state index contributed by atoms with van der Waals surface area (Å²) >= 11 is 0. The van der Waals surface area contributed by atoms with Crippen molar-refractivity contribution >= 4 is 33.3 Å². The van der Waals surface area contributed by atoms with Crippen LogP contribution in [0.15, 0.2) is 54.9 Å². The molecule has 0 bridgehead atoms. The third-order valence-corrected chi connectivity index (χ3v) is 8.40. The summed E-state index contributed by atoms with van der Waals surface area (Å²) in [5.74, 6) is 1.43. The number of hydrogen-bond acceptors (Lipinski definition) is 10. The fourth-order valence-corrected chi connectivity index (χ4v) is 5.43. The number of benzene rings is 1. The molecule has 2 N–H and O–H groups in total. The van der Waals surface area contributed by atoms with Crippen LogP contribution in [0.2, 0.25) is 0 Å². The van der Waals surface area contributed by atoms with Gasteiger partial charge in [-0.1, -0.05) is 38.1 Å². The summed E-state index contributed by atoms with van der Waals surface area (Å²) in [6.07, 6.45) is 3.60. The largest absolute Gasteiger partial charge is 0.373 e. The Morgan fingerprint density at radius 1 is 1.11 bits per heavy atom. The minimum Gasteiger partial charge on any atom is -0.373 e. The van der Waals surface area contributed by atoms with E-state index in [0.717, 1.165) is 48.0 Å². The molecule has 0 aliphatic carbocycles. The highest BCUT2D eigenvalue weighted by Gasteiger charge is 2.46. The van der Waals surface area contributed by atoms with E-state index in [1.165, 1.54) is 7.05 Å². The van der Waals surface area contributed by atoms with E-state index in [-0.39, 0.29) is 6.54 Å². The van der Waals surface area contributed by atoms with E-state index in [1.54, 1.807) is 23.4 Å². The maximum Gasteiger partial charge on any atom is 0.247 e. The number of hydrazine groups is 1. The smallest absolute Gasteiger partial charge is 0.247 e. The van der Waals surface area contributed by atoms with Crippen molar-refractivity contribution < 1.29 is 13.5 Å². The summed E-state index contributed by atoms with van der Waals surface area (Å²) in [6.45, 7) is 7.42. The zero-order valence-corrected chi connectivity index (χ0v) is 22.9. The van der Waals surface area contributed by atoms with E-state index in [0.29, 0.717) is 23.1 Å². The first-order valence-electron chi connectivity index (χ1n) is 12.6. The molecule has 12 heteroatoms. The van der Waals surface area contributed by atoms with Crippen LogP contribution in [0.3, 0.4) is 0 Å². The van der Waals surface area contributed by atoms with E-state index in [1.807, 2.05) is 55.3 Å². The minimum atomic E-state index is -3.52. The van der Waals surface area contributed by atoms with E-state index in [2.05, 4.69) is 15.3 Å². The molecule has 2 aliphatic rings. The molecule has 202 valence electrons. The number of para-hydroxylation sites is 1. The van der Waals surface area contributed by atoms with Crippen molar-refractivity contribution in [3.8, 4) is 0 Å². The van der Waals surface area contributed by atoms with Gasteiger partial charge in [-0.3, -0.25) is 4.31 Å². The molecule has 2 aliphatic heterocycles. The predicted octanol–water partition coefficient (Wildman–Crippen LogP) is 1.84. The second-order valence-electron chi connectivity index (χ2n) is 10.2. The number of aromatic nitrogens is 3. The average molecular weight is 539 g/mol. The van der Waals surface area contributed by atoms with Crippen LogP contribution in [0.1, 0.15) is 25.0 Å². The molecule has 0 saturated carbocycles. The monoisotopic (exact) mass is 538 g/mol. The summed E-state index contributed by atoms with van der Waals surface area (Å²) in [5.41, 5.74) is 1.78. The molecule has 1 aromatic carbocycles. The molecule has 1 saturated heterocycles. The molecule has 3 aromatic rings. The molecule has 1 fully saturated rings. The third kappa shape index (κ3) is 4.80. The number of anilines is 4. The van der Waals surface area contributed by atoms with E-state index >= 15 is 0 Å². The van der Waals surface area contributed by atoms with Crippen LogP contribution in [0, 0.1) is 0 Å². The number of nitrogens with one attached hydrogen (secondary N) is 1. The highest BCUT2D eigenvalue weighted by molar-refractivity contribution is 7.92. The number of rotatable bonds is 7. The molecule has 0 radical (unpaired) electrons. The number of aliphatic hydroxyl groups excluding tert-OH is 1. The fraction of sp³-hybridized carbons (Fsp3) is 0.423. The molecule has 5 rings (SSSR count). The van der Waals surface area contributed by atoms with Gasteiger partial charge < -0.3 is 15.3 Å². The summed E-state index contributed by atoms with van der Waals surface area (Å²) in [4.78, 5) is 15.9. The lowest BCUT2D eigenvalue weighted by Gasteiger charge is -2.37. The third-order valence-electron chi connectivity index (χ3n) is 7.23. The molecule has 1 atom stereocenters. The molecular formula is C26H34N8O3S. The van der Waals surface area contributed by atoms with Crippen molar-refractivity contribution in [2.24, 2.45) is 0 Å². The molecule has 2 aromatic heterocycles.